The summed E-state index contributed by atoms with van der Waals surface area (Å²) < 4.78 is 0. The fourth-order valence-corrected chi connectivity index (χ4v) is 1.83. The van der Waals surface area contributed by atoms with Crippen molar-refractivity contribution in [1.82, 2.24) is 0 Å². The Morgan fingerprint density at radius 3 is 2.06 bits per heavy atom. The van der Waals surface area contributed by atoms with Crippen LogP contribution in [0.25, 0.3) is 0 Å². The van der Waals surface area contributed by atoms with E-state index in [9.17, 15) is 4.79 Å². The van der Waals surface area contributed by atoms with Crippen LogP contribution in [0, 0.1) is 0 Å². The molecule has 0 saturated carbocycles. The Balaban J connectivity index is 2.18. The van der Waals surface area contributed by atoms with Crippen molar-refractivity contribution in [3.05, 3.63) is 66.2 Å². The third-order valence-corrected chi connectivity index (χ3v) is 3.16. The van der Waals surface area contributed by atoms with Gasteiger partial charge >= 0.3 is 0 Å². The van der Waals surface area contributed by atoms with Gasteiger partial charge < -0.3 is 5.32 Å². The molecule has 2 nitrogen and oxygen atoms in total. The first-order valence-electron chi connectivity index (χ1n) is 5.71. The summed E-state index contributed by atoms with van der Waals surface area (Å²) in [6.07, 6.45) is 0. The molecule has 0 heterocycles. The Hall–Kier alpha value is -1.80. The molecule has 2 aromatic carbocycles. The van der Waals surface area contributed by atoms with Gasteiger partial charge in [0, 0.05) is 5.69 Å². The van der Waals surface area contributed by atoms with E-state index in [0.717, 1.165) is 11.3 Å². The summed E-state index contributed by atoms with van der Waals surface area (Å²) in [7, 11) is 0. The molecule has 1 N–H and O–H groups in total. The third kappa shape index (κ3) is 2.71. The minimum Gasteiger partial charge on any atom is -0.324 e. The molecule has 0 radical (unpaired) electrons. The molecule has 1 amide bonds. The van der Waals surface area contributed by atoms with Gasteiger partial charge in [0.05, 0.1) is 0 Å². The summed E-state index contributed by atoms with van der Waals surface area (Å²) in [5, 5.41) is 2.81. The molecule has 0 fully saturated rings. The number of carbonyl (C=O) groups excluding carboxylic acids is 1. The molecule has 1 atom stereocenters. The number of nitrogens with one attached hydrogen (secondary N) is 1. The summed E-state index contributed by atoms with van der Waals surface area (Å²) in [5.41, 5.74) is 1.52. The van der Waals surface area contributed by atoms with Crippen LogP contribution in [0.15, 0.2) is 60.7 Å². The zero-order chi connectivity index (χ0) is 13.0. The highest BCUT2D eigenvalue weighted by Gasteiger charge is 2.32. The molecule has 3 heteroatoms. The second-order valence-electron chi connectivity index (χ2n) is 4.19. The van der Waals surface area contributed by atoms with Crippen LogP contribution in [0.3, 0.4) is 0 Å². The monoisotopic (exact) mass is 259 g/mol. The number of amides is 1. The number of alkyl halides is 1. The Kier molecular flexibility index (Phi) is 3.68. The normalized spacial score (nSPS) is 13.7. The highest BCUT2D eigenvalue weighted by molar-refractivity contribution is 6.36. The topological polar surface area (TPSA) is 29.1 Å². The molecule has 0 spiro atoms. The Bertz CT molecular complexity index is 523. The highest BCUT2D eigenvalue weighted by atomic mass is 35.5. The molecule has 0 aliphatic carbocycles. The van der Waals surface area contributed by atoms with Gasteiger partial charge in [0.15, 0.2) is 0 Å². The molecule has 92 valence electrons. The molecule has 1 unspecified atom stereocenters. The second kappa shape index (κ2) is 5.23. The predicted octanol–water partition coefficient (Wildman–Crippen LogP) is 3.78. The minimum atomic E-state index is -1.07. The molecule has 0 aliphatic heterocycles. The molecule has 0 aliphatic rings. The van der Waals surface area contributed by atoms with Gasteiger partial charge in [0.25, 0.3) is 0 Å². The summed E-state index contributed by atoms with van der Waals surface area (Å²) in [5.74, 6) is -0.235. The lowest BCUT2D eigenvalue weighted by molar-refractivity contribution is -0.118. The van der Waals surface area contributed by atoms with E-state index < -0.39 is 4.87 Å². The number of rotatable bonds is 3. The van der Waals surface area contributed by atoms with Crippen molar-refractivity contribution in [2.24, 2.45) is 0 Å². The molecular weight excluding hydrogens is 246 g/mol. The van der Waals surface area contributed by atoms with E-state index in [-0.39, 0.29) is 5.91 Å². The van der Waals surface area contributed by atoms with Crippen LogP contribution in [0.5, 0.6) is 0 Å². The largest absolute Gasteiger partial charge is 0.324 e. The van der Waals surface area contributed by atoms with E-state index in [4.69, 9.17) is 11.6 Å². The van der Waals surface area contributed by atoms with Crippen molar-refractivity contribution in [2.45, 2.75) is 11.8 Å². The van der Waals surface area contributed by atoms with Crippen molar-refractivity contribution in [2.75, 3.05) is 5.32 Å². The zero-order valence-corrected chi connectivity index (χ0v) is 10.8. The van der Waals surface area contributed by atoms with E-state index in [0.29, 0.717) is 0 Å². The SMILES string of the molecule is CC(Cl)(C(=O)Nc1ccccc1)c1ccccc1. The molecule has 18 heavy (non-hydrogen) atoms. The summed E-state index contributed by atoms with van der Waals surface area (Å²) >= 11 is 6.35. The quantitative estimate of drug-likeness (QED) is 0.835. The maximum atomic E-state index is 12.2. The van der Waals surface area contributed by atoms with Crippen molar-refractivity contribution >= 4 is 23.2 Å². The molecule has 2 aromatic rings. The zero-order valence-electron chi connectivity index (χ0n) is 10.1. The van der Waals surface area contributed by atoms with Gasteiger partial charge in [-0.1, -0.05) is 48.5 Å². The number of para-hydroxylation sites is 1. The highest BCUT2D eigenvalue weighted by Crippen LogP contribution is 2.29. The number of anilines is 1. The van der Waals surface area contributed by atoms with Gasteiger partial charge in [0.2, 0.25) is 5.91 Å². The van der Waals surface area contributed by atoms with Gasteiger partial charge in [-0.25, -0.2) is 0 Å². The van der Waals surface area contributed by atoms with Crippen molar-refractivity contribution < 1.29 is 4.79 Å². The maximum absolute atomic E-state index is 12.2. The lowest BCUT2D eigenvalue weighted by atomic mass is 9.99. The second-order valence-corrected chi connectivity index (χ2v) is 4.95. The lowest BCUT2D eigenvalue weighted by Gasteiger charge is -2.21. The standard InChI is InChI=1S/C15H14ClNO/c1-15(16,12-8-4-2-5-9-12)14(18)17-13-10-6-3-7-11-13/h2-11H,1H3,(H,17,18). The number of hydrogen-bond acceptors (Lipinski definition) is 1. The maximum Gasteiger partial charge on any atom is 0.249 e. The first-order valence-corrected chi connectivity index (χ1v) is 6.09. The molecule has 0 aromatic heterocycles. The first-order chi connectivity index (χ1) is 8.60. The van der Waals surface area contributed by atoms with Gasteiger partial charge in [-0.2, -0.15) is 0 Å². The van der Waals surface area contributed by atoms with Crippen LogP contribution in [0.1, 0.15) is 12.5 Å². The fourth-order valence-electron chi connectivity index (χ4n) is 1.65. The van der Waals surface area contributed by atoms with E-state index >= 15 is 0 Å². The smallest absolute Gasteiger partial charge is 0.249 e. The van der Waals surface area contributed by atoms with E-state index in [1.54, 1.807) is 6.92 Å². The Labute approximate surface area is 112 Å². The van der Waals surface area contributed by atoms with Crippen LogP contribution < -0.4 is 5.32 Å². The molecular formula is C15H14ClNO. The number of halogens is 1. The minimum absolute atomic E-state index is 0.235. The average Bonchev–Trinajstić information content (AvgIpc) is 2.41. The average molecular weight is 260 g/mol. The van der Waals surface area contributed by atoms with E-state index in [1.807, 2.05) is 60.7 Å². The lowest BCUT2D eigenvalue weighted by Crippen LogP contribution is -2.32. The first kappa shape index (κ1) is 12.7. The van der Waals surface area contributed by atoms with Crippen LogP contribution in [-0.2, 0) is 9.67 Å². The van der Waals surface area contributed by atoms with Gasteiger partial charge in [-0.15, -0.1) is 11.6 Å². The van der Waals surface area contributed by atoms with Crippen LogP contribution in [0.4, 0.5) is 5.69 Å². The van der Waals surface area contributed by atoms with Gasteiger partial charge in [-0.3, -0.25) is 4.79 Å². The van der Waals surface area contributed by atoms with Crippen LogP contribution in [0.2, 0.25) is 0 Å². The number of carbonyl (C=O) groups is 1. The van der Waals surface area contributed by atoms with Crippen molar-refractivity contribution in [3.8, 4) is 0 Å². The fraction of sp³-hybridized carbons (Fsp3) is 0.133. The Morgan fingerprint density at radius 1 is 1.00 bits per heavy atom. The molecule has 0 bridgehead atoms. The predicted molar refractivity (Wildman–Crippen MR) is 74.7 cm³/mol. The number of benzene rings is 2. The summed E-state index contributed by atoms with van der Waals surface area (Å²) in [6, 6.07) is 18.6. The van der Waals surface area contributed by atoms with E-state index in [2.05, 4.69) is 5.32 Å². The van der Waals surface area contributed by atoms with Crippen LogP contribution >= 0.6 is 11.6 Å². The molecule has 2 rings (SSSR count). The van der Waals surface area contributed by atoms with E-state index in [1.165, 1.54) is 0 Å². The van der Waals surface area contributed by atoms with Crippen LogP contribution in [-0.4, -0.2) is 5.91 Å². The third-order valence-electron chi connectivity index (χ3n) is 2.77. The van der Waals surface area contributed by atoms with Gasteiger partial charge in [-0.05, 0) is 24.6 Å². The van der Waals surface area contributed by atoms with Crippen molar-refractivity contribution in [3.63, 3.8) is 0 Å². The number of hydrogen-bond donors (Lipinski definition) is 1. The van der Waals surface area contributed by atoms with Gasteiger partial charge in [0.1, 0.15) is 4.87 Å². The molecule has 0 saturated heterocycles. The van der Waals surface area contributed by atoms with Crippen molar-refractivity contribution in [1.29, 1.82) is 0 Å². The summed E-state index contributed by atoms with van der Waals surface area (Å²) in [4.78, 5) is 11.1. The summed E-state index contributed by atoms with van der Waals surface area (Å²) in [6.45, 7) is 1.70. The Morgan fingerprint density at radius 2 is 1.50 bits per heavy atom.